The average molecular weight is 421 g/mol. The van der Waals surface area contributed by atoms with Gasteiger partial charge in [-0.3, -0.25) is 0 Å². The Balaban J connectivity index is 1.73. The summed E-state index contributed by atoms with van der Waals surface area (Å²) < 4.78 is 15.4. The van der Waals surface area contributed by atoms with E-state index in [1.807, 2.05) is 18.5 Å². The van der Waals surface area contributed by atoms with Crippen molar-refractivity contribution in [2.45, 2.75) is 64.5 Å². The highest BCUT2D eigenvalue weighted by atomic mass is 35.5. The minimum absolute atomic E-state index is 0.301. The van der Waals surface area contributed by atoms with Crippen LogP contribution >= 0.6 is 11.6 Å². The fourth-order valence-corrected chi connectivity index (χ4v) is 4.02. The maximum Gasteiger partial charge on any atom is 0.191 e. The summed E-state index contributed by atoms with van der Waals surface area (Å²) in [5.41, 5.74) is 0.599. The largest absolute Gasteiger partial charge is 0.356 e. The third-order valence-electron chi connectivity index (χ3n) is 5.62. The Kier molecular flexibility index (Phi) is 6.77. The lowest BCUT2D eigenvalue weighted by Crippen LogP contribution is -2.46. The van der Waals surface area contributed by atoms with Gasteiger partial charge < -0.3 is 15.2 Å². The fourth-order valence-electron chi connectivity index (χ4n) is 3.59. The molecule has 0 amide bonds. The molecule has 0 atom stereocenters. The Morgan fingerprint density at radius 2 is 2.03 bits per heavy atom. The summed E-state index contributed by atoms with van der Waals surface area (Å²) in [4.78, 5) is 4.74. The molecule has 1 aromatic carbocycles. The first-order valence-electron chi connectivity index (χ1n) is 10.1. The van der Waals surface area contributed by atoms with Crippen LogP contribution in [0.3, 0.4) is 0 Å². The molecule has 29 heavy (non-hydrogen) atoms. The quantitative estimate of drug-likeness (QED) is 0.550. The minimum atomic E-state index is -0.327. The van der Waals surface area contributed by atoms with Crippen LogP contribution in [0.25, 0.3) is 0 Å². The average Bonchev–Trinajstić information content (AvgIpc) is 3.28. The predicted molar refractivity (Wildman–Crippen MR) is 115 cm³/mol. The van der Waals surface area contributed by atoms with E-state index < -0.39 is 0 Å². The summed E-state index contributed by atoms with van der Waals surface area (Å²) in [7, 11) is 1.94. The van der Waals surface area contributed by atoms with Gasteiger partial charge >= 0.3 is 0 Å². The molecule has 0 aliphatic heterocycles. The second-order valence-corrected chi connectivity index (χ2v) is 8.78. The molecule has 0 radical (unpaired) electrons. The van der Waals surface area contributed by atoms with Crippen LogP contribution in [-0.2, 0) is 19.0 Å². The van der Waals surface area contributed by atoms with E-state index in [0.29, 0.717) is 24.2 Å². The van der Waals surface area contributed by atoms with Gasteiger partial charge in [0.2, 0.25) is 0 Å². The number of aromatic nitrogens is 3. The maximum atomic E-state index is 13.4. The number of hydrogen-bond acceptors (Lipinski definition) is 3. The summed E-state index contributed by atoms with van der Waals surface area (Å²) in [6, 6.07) is 4.99. The van der Waals surface area contributed by atoms with Gasteiger partial charge in [0, 0.05) is 30.1 Å². The van der Waals surface area contributed by atoms with Crippen molar-refractivity contribution in [2.75, 3.05) is 6.54 Å². The topological polar surface area (TPSA) is 67.1 Å². The van der Waals surface area contributed by atoms with E-state index in [4.69, 9.17) is 16.6 Å². The van der Waals surface area contributed by atoms with Crippen LogP contribution in [-0.4, -0.2) is 33.3 Å². The van der Waals surface area contributed by atoms with Gasteiger partial charge in [-0.05, 0) is 37.5 Å². The summed E-state index contributed by atoms with van der Waals surface area (Å²) >= 11 is 6.30. The van der Waals surface area contributed by atoms with Crippen molar-refractivity contribution in [2.24, 2.45) is 12.0 Å². The summed E-state index contributed by atoms with van der Waals surface area (Å²) in [6.45, 7) is 7.13. The first kappa shape index (κ1) is 21.6. The molecular weight excluding hydrogens is 391 g/mol. The van der Waals surface area contributed by atoms with E-state index >= 15 is 0 Å². The van der Waals surface area contributed by atoms with Gasteiger partial charge in [-0.2, -0.15) is 0 Å². The Labute approximate surface area is 177 Å². The predicted octanol–water partition coefficient (Wildman–Crippen LogP) is 3.87. The summed E-state index contributed by atoms with van der Waals surface area (Å²) in [5.74, 6) is 2.10. The Bertz CT molecular complexity index is 870. The molecule has 1 aliphatic carbocycles. The van der Waals surface area contributed by atoms with E-state index in [0.717, 1.165) is 36.0 Å². The number of guanidine groups is 1. The normalized spacial score (nSPS) is 15.7. The standard InChI is InChI=1S/C21H30ClFN6/c1-14-27-28-19(29(14)4)12-24-20(26-16-7-5-6-8-16)25-13-21(2,3)17-10-9-15(23)11-18(17)22/h9-11,16H,5-8,12-13H2,1-4H3,(H2,24,25,26). The fraction of sp³-hybridized carbons (Fsp3) is 0.571. The van der Waals surface area contributed by atoms with E-state index in [2.05, 4.69) is 34.7 Å². The molecule has 1 aromatic heterocycles. The molecule has 0 unspecified atom stereocenters. The van der Waals surface area contributed by atoms with Crippen LogP contribution in [0.1, 0.15) is 56.7 Å². The second-order valence-electron chi connectivity index (χ2n) is 8.37. The third kappa shape index (κ3) is 5.47. The zero-order valence-electron chi connectivity index (χ0n) is 17.6. The number of hydrogen-bond donors (Lipinski definition) is 2. The Hall–Kier alpha value is -2.15. The third-order valence-corrected chi connectivity index (χ3v) is 5.93. The smallest absolute Gasteiger partial charge is 0.191 e. The van der Waals surface area contributed by atoms with Crippen LogP contribution in [0.15, 0.2) is 23.2 Å². The number of halogens is 2. The zero-order chi connectivity index (χ0) is 21.0. The second kappa shape index (κ2) is 9.11. The van der Waals surface area contributed by atoms with Crippen LogP contribution < -0.4 is 10.6 Å². The van der Waals surface area contributed by atoms with Crippen LogP contribution in [0.4, 0.5) is 4.39 Å². The highest BCUT2D eigenvalue weighted by Gasteiger charge is 2.25. The van der Waals surface area contributed by atoms with Crippen LogP contribution in [0.2, 0.25) is 5.02 Å². The minimum Gasteiger partial charge on any atom is -0.356 e. The molecule has 2 N–H and O–H groups in total. The van der Waals surface area contributed by atoms with Crippen LogP contribution in [0, 0.1) is 12.7 Å². The van der Waals surface area contributed by atoms with Crippen molar-refractivity contribution in [3.05, 3.63) is 46.3 Å². The number of aliphatic imine (C=N–C) groups is 1. The van der Waals surface area contributed by atoms with Gasteiger partial charge in [0.1, 0.15) is 18.2 Å². The highest BCUT2D eigenvalue weighted by molar-refractivity contribution is 6.31. The SMILES string of the molecule is Cc1nnc(CN=C(NCC(C)(C)c2ccc(F)cc2Cl)NC2CCCC2)n1C. The molecule has 0 spiro atoms. The summed E-state index contributed by atoms with van der Waals surface area (Å²) in [6.07, 6.45) is 4.78. The van der Waals surface area contributed by atoms with E-state index in [1.54, 1.807) is 6.07 Å². The Morgan fingerprint density at radius 3 is 2.66 bits per heavy atom. The molecule has 8 heteroatoms. The molecular formula is C21H30ClFN6. The number of benzene rings is 1. The zero-order valence-corrected chi connectivity index (χ0v) is 18.4. The molecule has 0 saturated heterocycles. The van der Waals surface area contributed by atoms with Crippen molar-refractivity contribution in [1.29, 1.82) is 0 Å². The number of aryl methyl sites for hydroxylation is 1. The first-order valence-corrected chi connectivity index (χ1v) is 10.5. The molecule has 1 saturated carbocycles. The molecule has 3 rings (SSSR count). The molecule has 2 aromatic rings. The highest BCUT2D eigenvalue weighted by Crippen LogP contribution is 2.30. The molecule has 1 aliphatic rings. The van der Waals surface area contributed by atoms with E-state index in [-0.39, 0.29) is 11.2 Å². The van der Waals surface area contributed by atoms with Crippen molar-refractivity contribution >= 4 is 17.6 Å². The maximum absolute atomic E-state index is 13.4. The lowest BCUT2D eigenvalue weighted by atomic mass is 9.84. The van der Waals surface area contributed by atoms with Gasteiger partial charge in [-0.25, -0.2) is 9.38 Å². The lowest BCUT2D eigenvalue weighted by molar-refractivity contribution is 0.501. The van der Waals surface area contributed by atoms with Crippen molar-refractivity contribution in [3.63, 3.8) is 0 Å². The van der Waals surface area contributed by atoms with E-state index in [9.17, 15) is 4.39 Å². The van der Waals surface area contributed by atoms with Crippen molar-refractivity contribution in [3.8, 4) is 0 Å². The van der Waals surface area contributed by atoms with Crippen molar-refractivity contribution in [1.82, 2.24) is 25.4 Å². The molecule has 0 bridgehead atoms. The molecule has 158 valence electrons. The molecule has 6 nitrogen and oxygen atoms in total. The number of rotatable bonds is 6. The number of nitrogens with zero attached hydrogens (tertiary/aromatic N) is 4. The van der Waals surface area contributed by atoms with Gasteiger partial charge in [0.25, 0.3) is 0 Å². The van der Waals surface area contributed by atoms with Gasteiger partial charge in [-0.1, -0.05) is 44.4 Å². The van der Waals surface area contributed by atoms with Crippen molar-refractivity contribution < 1.29 is 4.39 Å². The summed E-state index contributed by atoms with van der Waals surface area (Å²) in [5, 5.41) is 15.7. The Morgan fingerprint density at radius 1 is 1.31 bits per heavy atom. The lowest BCUT2D eigenvalue weighted by Gasteiger charge is -2.28. The van der Waals surface area contributed by atoms with Gasteiger partial charge in [-0.15, -0.1) is 10.2 Å². The van der Waals surface area contributed by atoms with Gasteiger partial charge in [0.05, 0.1) is 0 Å². The molecule has 1 heterocycles. The molecule has 1 fully saturated rings. The first-order chi connectivity index (χ1) is 13.8. The van der Waals surface area contributed by atoms with E-state index in [1.165, 1.54) is 25.0 Å². The van der Waals surface area contributed by atoms with Gasteiger partial charge in [0.15, 0.2) is 11.8 Å². The number of nitrogens with one attached hydrogen (secondary N) is 2. The monoisotopic (exact) mass is 420 g/mol. The van der Waals surface area contributed by atoms with Crippen LogP contribution in [0.5, 0.6) is 0 Å².